The second-order valence-corrected chi connectivity index (χ2v) is 7.67. The predicted octanol–water partition coefficient (Wildman–Crippen LogP) is 3.17. The highest BCUT2D eigenvalue weighted by Crippen LogP contribution is 2.18. The first-order valence-corrected chi connectivity index (χ1v) is 10.4. The summed E-state index contributed by atoms with van der Waals surface area (Å²) < 4.78 is 1.42. The van der Waals surface area contributed by atoms with Gasteiger partial charge in [0.2, 0.25) is 5.91 Å². The van der Waals surface area contributed by atoms with Gasteiger partial charge in [0, 0.05) is 37.3 Å². The maximum Gasteiger partial charge on any atom is 0.271 e. The second kappa shape index (κ2) is 9.13. The molecule has 1 aromatic heterocycles. The molecule has 2 aromatic carbocycles. The minimum Gasteiger partial charge on any atom is -0.353 e. The highest BCUT2D eigenvalue weighted by atomic mass is 35.5. The molecule has 0 spiro atoms. The number of hydrogen-bond donors (Lipinski definition) is 0. The Hall–Kier alpha value is -3.12. The fraction of sp³-hybridized carbons (Fsp3) is 0.261. The molecule has 30 heavy (non-hydrogen) atoms. The summed E-state index contributed by atoms with van der Waals surface area (Å²) in [4.78, 5) is 29.1. The van der Waals surface area contributed by atoms with Crippen LogP contribution in [0.4, 0.5) is 5.82 Å². The molecule has 154 valence electrons. The van der Waals surface area contributed by atoms with E-state index in [9.17, 15) is 9.59 Å². The zero-order chi connectivity index (χ0) is 20.9. The third-order valence-corrected chi connectivity index (χ3v) is 5.63. The van der Waals surface area contributed by atoms with Gasteiger partial charge >= 0.3 is 0 Å². The number of amides is 1. The van der Waals surface area contributed by atoms with Gasteiger partial charge in [-0.25, -0.2) is 0 Å². The van der Waals surface area contributed by atoms with E-state index in [0.717, 1.165) is 30.0 Å². The van der Waals surface area contributed by atoms with Crippen molar-refractivity contribution >= 4 is 23.3 Å². The Morgan fingerprint density at radius 1 is 0.900 bits per heavy atom. The number of benzene rings is 2. The van der Waals surface area contributed by atoms with Crippen molar-refractivity contribution in [3.8, 4) is 5.69 Å². The van der Waals surface area contributed by atoms with Crippen LogP contribution in [0, 0.1) is 0 Å². The Bertz CT molecular complexity index is 1080. The molecule has 1 fully saturated rings. The molecule has 0 N–H and O–H groups in total. The van der Waals surface area contributed by atoms with Crippen LogP contribution in [0.5, 0.6) is 0 Å². The van der Waals surface area contributed by atoms with Gasteiger partial charge in [0.05, 0.1) is 12.1 Å². The summed E-state index contributed by atoms with van der Waals surface area (Å²) in [5.74, 6) is 0.811. The highest BCUT2D eigenvalue weighted by Gasteiger charge is 2.21. The van der Waals surface area contributed by atoms with Crippen molar-refractivity contribution in [3.05, 3.63) is 87.7 Å². The summed E-state index contributed by atoms with van der Waals surface area (Å²) in [6.45, 7) is 2.73. The topological polar surface area (TPSA) is 58.4 Å². The van der Waals surface area contributed by atoms with E-state index in [4.69, 9.17) is 11.6 Å². The summed E-state index contributed by atoms with van der Waals surface area (Å²) in [5, 5.41) is 5.19. The average molecular weight is 423 g/mol. The number of halogens is 1. The molecule has 1 saturated heterocycles. The van der Waals surface area contributed by atoms with Gasteiger partial charge in [0.25, 0.3) is 5.56 Å². The number of carbonyl (C=O) groups is 1. The van der Waals surface area contributed by atoms with Crippen LogP contribution < -0.4 is 10.5 Å². The maximum atomic E-state index is 12.8. The van der Waals surface area contributed by atoms with Crippen molar-refractivity contribution in [3.63, 3.8) is 0 Å². The maximum absolute atomic E-state index is 12.8. The molecule has 3 aromatic rings. The molecule has 0 atom stereocenters. The van der Waals surface area contributed by atoms with Crippen molar-refractivity contribution in [2.75, 3.05) is 31.1 Å². The van der Waals surface area contributed by atoms with Gasteiger partial charge in [-0.05, 0) is 36.2 Å². The zero-order valence-corrected chi connectivity index (χ0v) is 17.3. The lowest BCUT2D eigenvalue weighted by atomic mass is 10.1. The zero-order valence-electron chi connectivity index (χ0n) is 16.6. The lowest BCUT2D eigenvalue weighted by molar-refractivity contribution is -0.130. The smallest absolute Gasteiger partial charge is 0.271 e. The molecule has 4 rings (SSSR count). The standard InChI is InChI=1S/C23H23ClN4O2/c24-20-10-5-4-7-18(20)17-23(30)27-14-6-13-26(15-16-27)21-11-12-22(29)28(25-21)19-8-2-1-3-9-19/h1-5,7-12H,6,13-17H2. The Kier molecular flexibility index (Phi) is 6.14. The van der Waals surface area contributed by atoms with Crippen molar-refractivity contribution in [2.24, 2.45) is 0 Å². The van der Waals surface area contributed by atoms with Crippen LogP contribution in [0.25, 0.3) is 5.69 Å². The Morgan fingerprint density at radius 3 is 2.47 bits per heavy atom. The third kappa shape index (κ3) is 4.54. The summed E-state index contributed by atoms with van der Waals surface area (Å²) in [5.41, 5.74) is 1.41. The van der Waals surface area contributed by atoms with Crippen molar-refractivity contribution in [1.82, 2.24) is 14.7 Å². The molecule has 7 heteroatoms. The molecule has 0 saturated carbocycles. The van der Waals surface area contributed by atoms with E-state index < -0.39 is 0 Å². The number of para-hydroxylation sites is 1. The Labute approximate surface area is 180 Å². The second-order valence-electron chi connectivity index (χ2n) is 7.27. The molecular formula is C23H23ClN4O2. The first kappa shape index (κ1) is 20.2. The van der Waals surface area contributed by atoms with E-state index in [0.29, 0.717) is 31.1 Å². The third-order valence-electron chi connectivity index (χ3n) is 5.26. The summed E-state index contributed by atoms with van der Waals surface area (Å²) in [6, 6.07) is 20.1. The van der Waals surface area contributed by atoms with Gasteiger partial charge in [-0.2, -0.15) is 4.68 Å². The fourth-order valence-corrected chi connectivity index (χ4v) is 3.84. The number of rotatable bonds is 4. The highest BCUT2D eigenvalue weighted by molar-refractivity contribution is 6.31. The SMILES string of the molecule is O=C(Cc1ccccc1Cl)N1CCCN(c2ccc(=O)n(-c3ccccc3)n2)CC1. The molecule has 1 aliphatic heterocycles. The van der Waals surface area contributed by atoms with E-state index in [2.05, 4.69) is 10.00 Å². The summed E-state index contributed by atoms with van der Waals surface area (Å²) >= 11 is 6.21. The minimum atomic E-state index is -0.170. The van der Waals surface area contributed by atoms with E-state index in [1.807, 2.05) is 59.5 Å². The molecule has 0 radical (unpaired) electrons. The number of anilines is 1. The van der Waals surface area contributed by atoms with E-state index in [1.54, 1.807) is 12.1 Å². The summed E-state index contributed by atoms with van der Waals surface area (Å²) in [6.07, 6.45) is 1.14. The van der Waals surface area contributed by atoms with E-state index in [-0.39, 0.29) is 11.5 Å². The van der Waals surface area contributed by atoms with Crippen LogP contribution in [0.3, 0.4) is 0 Å². The molecule has 0 bridgehead atoms. The Balaban J connectivity index is 1.46. The van der Waals surface area contributed by atoms with Crippen molar-refractivity contribution in [1.29, 1.82) is 0 Å². The van der Waals surface area contributed by atoms with Crippen molar-refractivity contribution in [2.45, 2.75) is 12.8 Å². The van der Waals surface area contributed by atoms with Crippen LogP contribution in [-0.4, -0.2) is 46.8 Å². The van der Waals surface area contributed by atoms with Crippen LogP contribution >= 0.6 is 11.6 Å². The average Bonchev–Trinajstić information content (AvgIpc) is 3.03. The molecule has 6 nitrogen and oxygen atoms in total. The molecule has 2 heterocycles. The van der Waals surface area contributed by atoms with Crippen LogP contribution in [0.1, 0.15) is 12.0 Å². The molecule has 1 aliphatic rings. The predicted molar refractivity (Wildman–Crippen MR) is 118 cm³/mol. The van der Waals surface area contributed by atoms with Gasteiger partial charge in [-0.15, -0.1) is 5.10 Å². The first-order chi connectivity index (χ1) is 14.6. The first-order valence-electron chi connectivity index (χ1n) is 10.0. The number of hydrogen-bond acceptors (Lipinski definition) is 4. The van der Waals surface area contributed by atoms with Gasteiger partial charge in [-0.3, -0.25) is 9.59 Å². The quantitative estimate of drug-likeness (QED) is 0.648. The largest absolute Gasteiger partial charge is 0.353 e. The summed E-state index contributed by atoms with van der Waals surface area (Å²) in [7, 11) is 0. The van der Waals surface area contributed by atoms with E-state index in [1.165, 1.54) is 4.68 Å². The normalized spacial score (nSPS) is 14.4. The molecular weight excluding hydrogens is 400 g/mol. The molecule has 0 aliphatic carbocycles. The number of carbonyl (C=O) groups excluding carboxylic acids is 1. The molecule has 0 unspecified atom stereocenters. The fourth-order valence-electron chi connectivity index (χ4n) is 3.64. The van der Waals surface area contributed by atoms with Crippen LogP contribution in [0.15, 0.2) is 71.5 Å². The molecule has 1 amide bonds. The number of aromatic nitrogens is 2. The van der Waals surface area contributed by atoms with Gasteiger partial charge in [0.1, 0.15) is 5.82 Å². The van der Waals surface area contributed by atoms with Gasteiger partial charge in [0.15, 0.2) is 0 Å². The van der Waals surface area contributed by atoms with E-state index >= 15 is 0 Å². The number of nitrogens with zero attached hydrogens (tertiary/aromatic N) is 4. The van der Waals surface area contributed by atoms with Gasteiger partial charge < -0.3 is 9.80 Å². The minimum absolute atomic E-state index is 0.0761. The lowest BCUT2D eigenvalue weighted by Gasteiger charge is -2.23. The van der Waals surface area contributed by atoms with Crippen LogP contribution in [0.2, 0.25) is 5.02 Å². The lowest BCUT2D eigenvalue weighted by Crippen LogP contribution is -2.36. The van der Waals surface area contributed by atoms with Gasteiger partial charge in [-0.1, -0.05) is 48.0 Å². The monoisotopic (exact) mass is 422 g/mol. The van der Waals surface area contributed by atoms with Crippen LogP contribution in [-0.2, 0) is 11.2 Å². The van der Waals surface area contributed by atoms with Crippen molar-refractivity contribution < 1.29 is 4.79 Å². The Morgan fingerprint density at radius 2 is 1.67 bits per heavy atom.